The molecule has 2 aromatic heterocycles. The highest BCUT2D eigenvalue weighted by Crippen LogP contribution is 2.41. The van der Waals surface area contributed by atoms with E-state index >= 15 is 0 Å². The first kappa shape index (κ1) is 18.3. The van der Waals surface area contributed by atoms with E-state index < -0.39 is 0 Å². The van der Waals surface area contributed by atoms with Crippen LogP contribution in [0.5, 0.6) is 5.75 Å². The smallest absolute Gasteiger partial charge is 0.135 e. The van der Waals surface area contributed by atoms with Gasteiger partial charge in [0, 0.05) is 40.2 Å². The maximum atomic E-state index is 6.23. The summed E-state index contributed by atoms with van der Waals surface area (Å²) in [4.78, 5) is 0. The van der Waals surface area contributed by atoms with Crippen LogP contribution in [-0.2, 0) is 6.54 Å². The summed E-state index contributed by atoms with van der Waals surface area (Å²) in [5.74, 6) is 1.73. The molecular formula is C27H23NO2. The van der Waals surface area contributed by atoms with Gasteiger partial charge >= 0.3 is 0 Å². The predicted octanol–water partition coefficient (Wildman–Crippen LogP) is 7.22. The van der Waals surface area contributed by atoms with Crippen molar-refractivity contribution in [2.75, 3.05) is 7.11 Å². The minimum Gasteiger partial charge on any atom is -0.497 e. The van der Waals surface area contributed by atoms with Gasteiger partial charge in [-0.15, -0.1) is 6.58 Å². The number of methoxy groups -OCH3 is 1. The van der Waals surface area contributed by atoms with Crippen LogP contribution in [0.2, 0.25) is 0 Å². The van der Waals surface area contributed by atoms with Gasteiger partial charge in [-0.25, -0.2) is 0 Å². The molecule has 2 heterocycles. The normalized spacial score (nSPS) is 11.3. The lowest BCUT2D eigenvalue weighted by Gasteiger charge is -2.07. The van der Waals surface area contributed by atoms with Crippen molar-refractivity contribution in [1.29, 1.82) is 0 Å². The van der Waals surface area contributed by atoms with Crippen LogP contribution in [0.1, 0.15) is 5.56 Å². The van der Waals surface area contributed by atoms with E-state index in [4.69, 9.17) is 9.15 Å². The van der Waals surface area contributed by atoms with Crippen LogP contribution in [0.25, 0.3) is 44.3 Å². The Morgan fingerprint density at radius 2 is 1.83 bits per heavy atom. The Bertz CT molecular complexity index is 1370. The summed E-state index contributed by atoms with van der Waals surface area (Å²) >= 11 is 0. The van der Waals surface area contributed by atoms with Crippen molar-refractivity contribution in [3.05, 3.63) is 91.1 Å². The first-order valence-corrected chi connectivity index (χ1v) is 10.1. The van der Waals surface area contributed by atoms with Crippen LogP contribution in [0, 0.1) is 6.92 Å². The largest absolute Gasteiger partial charge is 0.497 e. The Hall–Kier alpha value is -3.72. The van der Waals surface area contributed by atoms with Crippen LogP contribution >= 0.6 is 0 Å². The molecule has 0 fully saturated rings. The standard InChI is InChI=1S/C27H23NO2/c1-4-14-28-17-23(21-15-20(29-3)11-12-24(21)28)27-18(2)10-13-25-22(27)16-26(30-25)19-8-6-5-7-9-19/h4-13,15-17H,1,14H2,2-3H3. The molecule has 5 aromatic rings. The van der Waals surface area contributed by atoms with Crippen LogP contribution in [0.3, 0.4) is 0 Å². The van der Waals surface area contributed by atoms with Crippen LogP contribution in [0.4, 0.5) is 0 Å². The fourth-order valence-corrected chi connectivity index (χ4v) is 4.22. The highest BCUT2D eigenvalue weighted by molar-refractivity contribution is 6.06. The van der Waals surface area contributed by atoms with Crippen molar-refractivity contribution in [3.63, 3.8) is 0 Å². The quantitative estimate of drug-likeness (QED) is 0.295. The number of rotatable bonds is 5. The molecule has 0 radical (unpaired) electrons. The molecule has 0 atom stereocenters. The Kier molecular flexibility index (Phi) is 4.44. The molecule has 0 aliphatic carbocycles. The molecule has 3 nitrogen and oxygen atoms in total. The number of benzene rings is 3. The van der Waals surface area contributed by atoms with E-state index in [1.807, 2.05) is 30.3 Å². The van der Waals surface area contributed by atoms with E-state index in [0.717, 1.165) is 45.5 Å². The van der Waals surface area contributed by atoms with E-state index in [0.29, 0.717) is 0 Å². The van der Waals surface area contributed by atoms with Gasteiger partial charge in [0.15, 0.2) is 0 Å². The lowest BCUT2D eigenvalue weighted by Crippen LogP contribution is -1.91. The topological polar surface area (TPSA) is 27.3 Å². The SMILES string of the molecule is C=CCn1cc(-c2c(C)ccc3oc(-c4ccccc4)cc23)c2cc(OC)ccc21. The zero-order valence-corrected chi connectivity index (χ0v) is 17.2. The number of hydrogen-bond donors (Lipinski definition) is 0. The van der Waals surface area contributed by atoms with E-state index in [-0.39, 0.29) is 0 Å². The number of aryl methyl sites for hydroxylation is 1. The molecule has 0 unspecified atom stereocenters. The molecule has 0 saturated heterocycles. The molecule has 0 saturated carbocycles. The molecule has 148 valence electrons. The second-order valence-corrected chi connectivity index (χ2v) is 7.51. The molecule has 3 heteroatoms. The Balaban J connectivity index is 1.80. The van der Waals surface area contributed by atoms with Crippen molar-refractivity contribution < 1.29 is 9.15 Å². The van der Waals surface area contributed by atoms with Gasteiger partial charge in [-0.2, -0.15) is 0 Å². The van der Waals surface area contributed by atoms with Crippen molar-refractivity contribution in [3.8, 4) is 28.2 Å². The minimum atomic E-state index is 0.749. The predicted molar refractivity (Wildman–Crippen MR) is 124 cm³/mol. The zero-order chi connectivity index (χ0) is 20.7. The summed E-state index contributed by atoms with van der Waals surface area (Å²) in [5, 5.41) is 2.28. The molecule has 30 heavy (non-hydrogen) atoms. The summed E-state index contributed by atoms with van der Waals surface area (Å²) < 4.78 is 14.0. The molecule has 0 aliphatic rings. The molecule has 0 bridgehead atoms. The Morgan fingerprint density at radius 3 is 2.60 bits per heavy atom. The monoisotopic (exact) mass is 393 g/mol. The van der Waals surface area contributed by atoms with Gasteiger partial charge in [-0.3, -0.25) is 0 Å². The number of furan rings is 1. The van der Waals surface area contributed by atoms with Gasteiger partial charge < -0.3 is 13.7 Å². The number of hydrogen-bond acceptors (Lipinski definition) is 2. The third-order valence-corrected chi connectivity index (χ3v) is 5.65. The summed E-state index contributed by atoms with van der Waals surface area (Å²) in [6, 6.07) is 22.8. The molecular weight excluding hydrogens is 370 g/mol. The summed E-state index contributed by atoms with van der Waals surface area (Å²) in [7, 11) is 1.70. The molecule has 3 aromatic carbocycles. The summed E-state index contributed by atoms with van der Waals surface area (Å²) in [6.45, 7) is 6.82. The van der Waals surface area contributed by atoms with Gasteiger partial charge in [0.2, 0.25) is 0 Å². The number of aromatic nitrogens is 1. The van der Waals surface area contributed by atoms with E-state index in [9.17, 15) is 0 Å². The van der Waals surface area contributed by atoms with Crippen LogP contribution in [-0.4, -0.2) is 11.7 Å². The van der Waals surface area contributed by atoms with E-state index in [1.165, 1.54) is 16.7 Å². The fourth-order valence-electron chi connectivity index (χ4n) is 4.22. The Labute approximate surface area is 175 Å². The van der Waals surface area contributed by atoms with Gasteiger partial charge in [-0.1, -0.05) is 42.5 Å². The third kappa shape index (κ3) is 2.91. The first-order chi connectivity index (χ1) is 14.7. The van der Waals surface area contributed by atoms with Gasteiger partial charge in [0.1, 0.15) is 17.1 Å². The fraction of sp³-hybridized carbons (Fsp3) is 0.111. The number of ether oxygens (including phenoxy) is 1. The van der Waals surface area contributed by atoms with Crippen molar-refractivity contribution in [1.82, 2.24) is 4.57 Å². The van der Waals surface area contributed by atoms with Crippen molar-refractivity contribution in [2.45, 2.75) is 13.5 Å². The molecule has 0 N–H and O–H groups in total. The van der Waals surface area contributed by atoms with Crippen LogP contribution < -0.4 is 4.74 Å². The van der Waals surface area contributed by atoms with Crippen LogP contribution in [0.15, 0.2) is 90.0 Å². The highest BCUT2D eigenvalue weighted by Gasteiger charge is 2.18. The van der Waals surface area contributed by atoms with Gasteiger partial charge in [-0.05, 0) is 48.4 Å². The maximum absolute atomic E-state index is 6.23. The van der Waals surface area contributed by atoms with Crippen molar-refractivity contribution >= 4 is 21.9 Å². The second-order valence-electron chi connectivity index (χ2n) is 7.51. The molecule has 5 rings (SSSR count). The second kappa shape index (κ2) is 7.27. The lowest BCUT2D eigenvalue weighted by molar-refractivity contribution is 0.415. The average molecular weight is 393 g/mol. The number of nitrogens with zero attached hydrogens (tertiary/aromatic N) is 1. The third-order valence-electron chi connectivity index (χ3n) is 5.65. The average Bonchev–Trinajstić information content (AvgIpc) is 3.36. The van der Waals surface area contributed by atoms with E-state index in [2.05, 4.69) is 66.7 Å². The van der Waals surface area contributed by atoms with Crippen molar-refractivity contribution in [2.24, 2.45) is 0 Å². The van der Waals surface area contributed by atoms with E-state index in [1.54, 1.807) is 7.11 Å². The molecule has 0 aliphatic heterocycles. The first-order valence-electron chi connectivity index (χ1n) is 10.1. The summed E-state index contributed by atoms with van der Waals surface area (Å²) in [5.41, 5.74) is 6.71. The molecule has 0 amide bonds. The maximum Gasteiger partial charge on any atom is 0.135 e. The number of fused-ring (bicyclic) bond motifs is 2. The zero-order valence-electron chi connectivity index (χ0n) is 17.2. The Morgan fingerprint density at radius 1 is 1.00 bits per heavy atom. The highest BCUT2D eigenvalue weighted by atomic mass is 16.5. The number of allylic oxidation sites excluding steroid dienone is 1. The lowest BCUT2D eigenvalue weighted by atomic mass is 9.96. The summed E-state index contributed by atoms with van der Waals surface area (Å²) in [6.07, 6.45) is 4.13. The minimum absolute atomic E-state index is 0.749. The molecule has 0 spiro atoms. The van der Waals surface area contributed by atoms with Gasteiger partial charge in [0.05, 0.1) is 7.11 Å². The van der Waals surface area contributed by atoms with Gasteiger partial charge in [0.25, 0.3) is 0 Å².